The van der Waals surface area contributed by atoms with Crippen LogP contribution in [0.25, 0.3) is 82.7 Å². The van der Waals surface area contributed by atoms with Crippen LogP contribution in [-0.2, 0) is 0 Å². The van der Waals surface area contributed by atoms with Gasteiger partial charge in [-0.1, -0.05) is 115 Å². The van der Waals surface area contributed by atoms with Gasteiger partial charge in [0.25, 0.3) is 0 Å². The van der Waals surface area contributed by atoms with Gasteiger partial charge in [-0.15, -0.1) is 0 Å². The van der Waals surface area contributed by atoms with Crippen molar-refractivity contribution >= 4 is 27.6 Å². The summed E-state index contributed by atoms with van der Waals surface area (Å²) in [6.45, 7) is 8.21. The fraction of sp³-hybridized carbons (Fsp3) is 0. The molecule has 0 N–H and O–H groups in total. The van der Waals surface area contributed by atoms with E-state index < -0.39 is 0 Å². The lowest BCUT2D eigenvalue weighted by molar-refractivity contribution is 0.660. The van der Waals surface area contributed by atoms with Crippen molar-refractivity contribution in [2.75, 3.05) is 0 Å². The number of hydrogen-bond acceptors (Lipinski definition) is 3. The smallest absolute Gasteiger partial charge is 0.220 e. The first-order valence-corrected chi connectivity index (χ1v) is 15.4. The van der Waals surface area contributed by atoms with Crippen molar-refractivity contribution in [2.45, 2.75) is 0 Å². The van der Waals surface area contributed by atoms with Crippen LogP contribution >= 0.6 is 0 Å². The van der Waals surface area contributed by atoms with E-state index in [1.807, 2.05) is 127 Å². The zero-order valence-corrected chi connectivity index (χ0v) is 25.2. The summed E-state index contributed by atoms with van der Waals surface area (Å²) in [6.07, 6.45) is 0. The van der Waals surface area contributed by atoms with Crippen molar-refractivity contribution in [1.29, 1.82) is 0 Å². The van der Waals surface area contributed by atoms with E-state index in [9.17, 15) is 4.79 Å². The highest BCUT2D eigenvalue weighted by atomic mass is 16.3. The SMILES string of the molecule is [C-]#[N+]c1c(-c2ccccc2)cc(-c2ccccc2)nc1-c1cccc(-c2cccc(-c3ccc4oc5ccccc5c(=O)c4c3)c2)c1. The van der Waals surface area contributed by atoms with Gasteiger partial charge >= 0.3 is 0 Å². The Morgan fingerprint density at radius 1 is 0.489 bits per heavy atom. The van der Waals surface area contributed by atoms with Crippen molar-refractivity contribution < 1.29 is 4.42 Å². The lowest BCUT2D eigenvalue weighted by atomic mass is 9.94. The van der Waals surface area contributed by atoms with Crippen molar-refractivity contribution in [3.63, 3.8) is 0 Å². The van der Waals surface area contributed by atoms with Crippen LogP contribution in [0.3, 0.4) is 0 Å². The van der Waals surface area contributed by atoms with Gasteiger partial charge in [0.1, 0.15) is 11.2 Å². The third-order valence-electron chi connectivity index (χ3n) is 8.50. The maximum absolute atomic E-state index is 13.3. The van der Waals surface area contributed by atoms with E-state index in [0.29, 0.717) is 33.3 Å². The second-order valence-corrected chi connectivity index (χ2v) is 11.4. The van der Waals surface area contributed by atoms with Crippen LogP contribution in [0, 0.1) is 6.57 Å². The van der Waals surface area contributed by atoms with Gasteiger partial charge in [0.05, 0.1) is 28.7 Å². The number of benzene rings is 6. The number of fused-ring (bicyclic) bond motifs is 2. The van der Waals surface area contributed by atoms with Gasteiger partial charge in [0.15, 0.2) is 0 Å². The summed E-state index contributed by atoms with van der Waals surface area (Å²) in [7, 11) is 0. The fourth-order valence-corrected chi connectivity index (χ4v) is 6.15. The van der Waals surface area contributed by atoms with Crippen LogP contribution in [0.15, 0.2) is 167 Å². The number of hydrogen-bond donors (Lipinski definition) is 0. The minimum Gasteiger partial charge on any atom is -0.456 e. The standard InChI is InChI=1S/C43H26N2O2/c1-44-42-36(28-12-4-2-5-13-28)27-38(29-14-6-3-7-15-29)45-41(42)34-19-11-18-32(25-34)30-16-10-17-31(24-30)33-22-23-40-37(26-33)43(46)35-20-8-9-21-39(35)47-40/h2-27H. The molecular weight excluding hydrogens is 576 g/mol. The van der Waals surface area contributed by atoms with E-state index in [1.54, 1.807) is 6.07 Å². The highest BCUT2D eigenvalue weighted by Gasteiger charge is 2.18. The first-order valence-electron chi connectivity index (χ1n) is 15.4. The highest BCUT2D eigenvalue weighted by Crippen LogP contribution is 2.41. The lowest BCUT2D eigenvalue weighted by Crippen LogP contribution is -2.01. The van der Waals surface area contributed by atoms with Crippen molar-refractivity contribution in [3.05, 3.63) is 179 Å². The maximum Gasteiger partial charge on any atom is 0.220 e. The molecule has 4 heteroatoms. The Morgan fingerprint density at radius 2 is 1.04 bits per heavy atom. The van der Waals surface area contributed by atoms with E-state index in [2.05, 4.69) is 29.1 Å². The number of aromatic nitrogens is 1. The Balaban J connectivity index is 1.24. The average Bonchev–Trinajstić information content (AvgIpc) is 3.15. The van der Waals surface area contributed by atoms with Crippen molar-refractivity contribution in [3.8, 4) is 55.9 Å². The normalized spacial score (nSPS) is 11.0. The average molecular weight is 603 g/mol. The number of para-hydroxylation sites is 1. The molecule has 0 atom stereocenters. The van der Waals surface area contributed by atoms with Gasteiger partial charge in [-0.3, -0.25) is 9.78 Å². The van der Waals surface area contributed by atoms with Crippen LogP contribution in [-0.4, -0.2) is 4.98 Å². The van der Waals surface area contributed by atoms with Crippen LogP contribution in [0.1, 0.15) is 0 Å². The third-order valence-corrected chi connectivity index (χ3v) is 8.50. The first kappa shape index (κ1) is 27.9. The van der Waals surface area contributed by atoms with Gasteiger partial charge in [-0.05, 0) is 81.4 Å². The molecule has 0 unspecified atom stereocenters. The summed E-state index contributed by atoms with van der Waals surface area (Å²) in [6, 6.07) is 51.7. The van der Waals surface area contributed by atoms with Gasteiger partial charge < -0.3 is 4.42 Å². The van der Waals surface area contributed by atoms with E-state index in [-0.39, 0.29) is 5.43 Å². The molecule has 2 aromatic heterocycles. The summed E-state index contributed by atoms with van der Waals surface area (Å²) in [5.74, 6) is 0. The van der Waals surface area contributed by atoms with Crippen LogP contribution < -0.4 is 5.43 Å². The molecule has 0 saturated carbocycles. The zero-order valence-electron chi connectivity index (χ0n) is 25.2. The van der Waals surface area contributed by atoms with Gasteiger partial charge in [-0.25, -0.2) is 4.85 Å². The van der Waals surface area contributed by atoms with Gasteiger partial charge in [-0.2, -0.15) is 0 Å². The second-order valence-electron chi connectivity index (χ2n) is 11.4. The van der Waals surface area contributed by atoms with E-state index in [4.69, 9.17) is 16.0 Å². The molecule has 0 fully saturated rings. The van der Waals surface area contributed by atoms with E-state index in [0.717, 1.165) is 50.2 Å². The minimum absolute atomic E-state index is 0.0386. The zero-order chi connectivity index (χ0) is 31.7. The van der Waals surface area contributed by atoms with Crippen LogP contribution in [0.4, 0.5) is 5.69 Å². The Labute approximate surface area is 271 Å². The molecule has 0 radical (unpaired) electrons. The minimum atomic E-state index is -0.0386. The molecule has 47 heavy (non-hydrogen) atoms. The molecule has 8 rings (SSSR count). The fourth-order valence-electron chi connectivity index (χ4n) is 6.15. The van der Waals surface area contributed by atoms with Crippen LogP contribution in [0.5, 0.6) is 0 Å². The Kier molecular flexibility index (Phi) is 6.98. The molecule has 0 bridgehead atoms. The molecule has 220 valence electrons. The summed E-state index contributed by atoms with van der Waals surface area (Å²) < 4.78 is 6.03. The summed E-state index contributed by atoms with van der Waals surface area (Å²) in [5.41, 5.74) is 10.7. The third kappa shape index (κ3) is 5.16. The predicted molar refractivity (Wildman–Crippen MR) is 191 cm³/mol. The Bertz CT molecular complexity index is 2550. The number of nitrogens with zero attached hydrogens (tertiary/aromatic N) is 2. The van der Waals surface area contributed by atoms with E-state index >= 15 is 0 Å². The molecule has 0 aliphatic carbocycles. The summed E-state index contributed by atoms with van der Waals surface area (Å²) in [5, 5.41) is 1.13. The van der Waals surface area contributed by atoms with Crippen molar-refractivity contribution in [2.24, 2.45) is 0 Å². The van der Waals surface area contributed by atoms with Gasteiger partial charge in [0.2, 0.25) is 11.1 Å². The first-order chi connectivity index (χ1) is 23.2. The predicted octanol–water partition coefficient (Wildman–Crippen LogP) is 11.2. The molecule has 0 amide bonds. The molecule has 8 aromatic rings. The Hall–Kier alpha value is -6.57. The summed E-state index contributed by atoms with van der Waals surface area (Å²) in [4.78, 5) is 22.4. The molecular formula is C43H26N2O2. The van der Waals surface area contributed by atoms with E-state index in [1.165, 1.54) is 0 Å². The number of pyridine rings is 1. The molecule has 6 aromatic carbocycles. The molecule has 0 spiro atoms. The Morgan fingerprint density at radius 3 is 1.74 bits per heavy atom. The maximum atomic E-state index is 13.3. The quantitative estimate of drug-likeness (QED) is 0.145. The number of rotatable bonds is 5. The van der Waals surface area contributed by atoms with Crippen molar-refractivity contribution in [1.82, 2.24) is 4.98 Å². The summed E-state index contributed by atoms with van der Waals surface area (Å²) >= 11 is 0. The molecule has 0 aliphatic heterocycles. The monoisotopic (exact) mass is 602 g/mol. The largest absolute Gasteiger partial charge is 0.456 e. The van der Waals surface area contributed by atoms with Gasteiger partial charge in [0, 0.05) is 5.56 Å². The lowest BCUT2D eigenvalue weighted by Gasteiger charge is -2.14. The second kappa shape index (κ2) is 11.7. The molecule has 0 aliphatic rings. The van der Waals surface area contributed by atoms with Crippen LogP contribution in [0.2, 0.25) is 0 Å². The molecule has 0 saturated heterocycles. The highest BCUT2D eigenvalue weighted by molar-refractivity contribution is 5.94. The molecule has 2 heterocycles. The topological polar surface area (TPSA) is 47.5 Å². The molecule has 4 nitrogen and oxygen atoms in total.